The summed E-state index contributed by atoms with van der Waals surface area (Å²) in [6.07, 6.45) is 1.38. The Labute approximate surface area is 203 Å². The highest BCUT2D eigenvalue weighted by Gasteiger charge is 2.17. The highest BCUT2D eigenvalue weighted by atomic mass is 19.1. The topological polar surface area (TPSA) is 138 Å². The van der Waals surface area contributed by atoms with Crippen LogP contribution in [0.25, 0.3) is 11.3 Å². The van der Waals surface area contributed by atoms with Gasteiger partial charge in [-0.05, 0) is 47.9 Å². The number of carbonyl (C=O) groups excluding carboxylic acids is 2. The predicted molar refractivity (Wildman–Crippen MR) is 131 cm³/mol. The fourth-order valence-corrected chi connectivity index (χ4v) is 3.55. The van der Waals surface area contributed by atoms with E-state index >= 15 is 0 Å². The molecule has 0 aliphatic rings. The van der Waals surface area contributed by atoms with Gasteiger partial charge in [-0.15, -0.1) is 4.91 Å². The largest absolute Gasteiger partial charge is 0.380 e. The third-order valence-corrected chi connectivity index (χ3v) is 5.51. The lowest BCUT2D eigenvalue weighted by Crippen LogP contribution is -2.28. The Morgan fingerprint density at radius 1 is 1.08 bits per heavy atom. The van der Waals surface area contributed by atoms with Crippen LogP contribution in [0.5, 0.6) is 0 Å². The fraction of sp³-hybridized carbons (Fsp3) is 0.120. The highest BCUT2D eigenvalue weighted by Crippen LogP contribution is 2.15. The van der Waals surface area contributed by atoms with Crippen molar-refractivity contribution in [3.8, 4) is 0 Å². The fourth-order valence-electron chi connectivity index (χ4n) is 3.55. The highest BCUT2D eigenvalue weighted by molar-refractivity contribution is 5.95. The SMILES string of the molecule is C=C(NCc1ccc(F)c(C)c1)c1cc(C(=O)NCc2ccc(C(=O)N=O)cc2)n2c(=O)[nH]cc2n1. The molecule has 4 rings (SSSR count). The van der Waals surface area contributed by atoms with Crippen molar-refractivity contribution in [2.75, 3.05) is 0 Å². The van der Waals surface area contributed by atoms with E-state index in [-0.39, 0.29) is 29.3 Å². The Morgan fingerprint density at radius 3 is 2.47 bits per heavy atom. The maximum absolute atomic E-state index is 13.5. The minimum absolute atomic E-state index is 0.0405. The van der Waals surface area contributed by atoms with Crippen molar-refractivity contribution in [3.05, 3.63) is 116 Å². The minimum Gasteiger partial charge on any atom is -0.380 e. The molecule has 3 N–H and O–H groups in total. The van der Waals surface area contributed by atoms with E-state index in [0.29, 0.717) is 29.1 Å². The maximum Gasteiger partial charge on any atom is 0.332 e. The quantitative estimate of drug-likeness (QED) is 0.326. The number of benzene rings is 2. The number of H-pyrrole nitrogens is 1. The summed E-state index contributed by atoms with van der Waals surface area (Å²) in [4.78, 5) is 53.9. The standard InChI is InChI=1S/C25H21FN6O4/c1-14-9-17(5-8-19(14)26)12-27-15(2)20-10-21(32-22(30-20)13-29-25(32)35)24(34)28-11-16-3-6-18(7-4-16)23(33)31-36/h3-10,13,27H,2,11-12H2,1H3,(H,28,34)(H,29,35). The van der Waals surface area contributed by atoms with Gasteiger partial charge in [-0.25, -0.2) is 18.6 Å². The number of aromatic amines is 1. The Balaban J connectivity index is 1.53. The molecule has 0 aliphatic carbocycles. The lowest BCUT2D eigenvalue weighted by molar-refractivity contribution is 0.0942. The van der Waals surface area contributed by atoms with E-state index in [1.54, 1.807) is 31.2 Å². The minimum atomic E-state index is -0.882. The molecule has 10 nitrogen and oxygen atoms in total. The number of imidazole rings is 1. The molecule has 0 atom stereocenters. The molecule has 4 aromatic rings. The number of halogens is 1. The number of carbonyl (C=O) groups is 2. The summed E-state index contributed by atoms with van der Waals surface area (Å²) in [5, 5.41) is 8.20. The van der Waals surface area contributed by atoms with Gasteiger partial charge in [0.15, 0.2) is 5.65 Å². The van der Waals surface area contributed by atoms with Gasteiger partial charge in [-0.2, -0.15) is 0 Å². The molecule has 0 bridgehead atoms. The summed E-state index contributed by atoms with van der Waals surface area (Å²) in [6, 6.07) is 12.2. The molecule has 182 valence electrons. The Kier molecular flexibility index (Phi) is 6.81. The van der Waals surface area contributed by atoms with Crippen molar-refractivity contribution in [1.82, 2.24) is 25.0 Å². The van der Waals surface area contributed by atoms with Crippen molar-refractivity contribution < 1.29 is 14.0 Å². The monoisotopic (exact) mass is 488 g/mol. The van der Waals surface area contributed by atoms with Crippen LogP contribution >= 0.6 is 0 Å². The van der Waals surface area contributed by atoms with Crippen LogP contribution < -0.4 is 16.3 Å². The number of fused-ring (bicyclic) bond motifs is 1. The van der Waals surface area contributed by atoms with Crippen LogP contribution in [0.4, 0.5) is 4.39 Å². The number of aryl methyl sites for hydroxylation is 1. The predicted octanol–water partition coefficient (Wildman–Crippen LogP) is 3.07. The number of hydrogen-bond acceptors (Lipinski definition) is 6. The van der Waals surface area contributed by atoms with E-state index < -0.39 is 17.5 Å². The second kappa shape index (κ2) is 10.1. The van der Waals surface area contributed by atoms with Gasteiger partial charge in [0.2, 0.25) is 0 Å². The van der Waals surface area contributed by atoms with E-state index in [0.717, 1.165) is 9.96 Å². The van der Waals surface area contributed by atoms with Crippen molar-refractivity contribution in [3.63, 3.8) is 0 Å². The molecule has 36 heavy (non-hydrogen) atoms. The van der Waals surface area contributed by atoms with Crippen molar-refractivity contribution in [2.24, 2.45) is 5.18 Å². The maximum atomic E-state index is 13.5. The molecule has 2 amide bonds. The van der Waals surface area contributed by atoms with E-state index in [1.807, 2.05) is 0 Å². The molecule has 0 unspecified atom stereocenters. The second-order valence-corrected chi connectivity index (χ2v) is 8.01. The van der Waals surface area contributed by atoms with Gasteiger partial charge in [0.05, 0.1) is 11.4 Å². The third-order valence-electron chi connectivity index (χ3n) is 5.51. The first-order valence-corrected chi connectivity index (χ1v) is 10.8. The smallest absolute Gasteiger partial charge is 0.332 e. The zero-order valence-electron chi connectivity index (χ0n) is 19.2. The van der Waals surface area contributed by atoms with Gasteiger partial charge >= 0.3 is 11.6 Å². The van der Waals surface area contributed by atoms with Crippen molar-refractivity contribution in [1.29, 1.82) is 0 Å². The molecule has 2 aromatic carbocycles. The van der Waals surface area contributed by atoms with E-state index in [4.69, 9.17) is 0 Å². The first kappa shape index (κ1) is 24.2. The molecule has 0 spiro atoms. The number of rotatable bonds is 8. The van der Waals surface area contributed by atoms with E-state index in [1.165, 1.54) is 30.5 Å². The molecule has 0 fully saturated rings. The van der Waals surface area contributed by atoms with Crippen LogP contribution in [0.2, 0.25) is 0 Å². The first-order valence-electron chi connectivity index (χ1n) is 10.8. The Bertz CT molecular complexity index is 1560. The molecule has 0 saturated carbocycles. The number of amides is 2. The van der Waals surface area contributed by atoms with Crippen molar-refractivity contribution >= 4 is 23.2 Å². The van der Waals surface area contributed by atoms with Gasteiger partial charge in [-0.1, -0.05) is 30.8 Å². The van der Waals surface area contributed by atoms with Crippen LogP contribution in [0.15, 0.2) is 71.3 Å². The summed E-state index contributed by atoms with van der Waals surface area (Å²) >= 11 is 0. The van der Waals surface area contributed by atoms with Crippen LogP contribution in [0, 0.1) is 17.6 Å². The molecule has 2 heterocycles. The molecular formula is C25H21FN6O4. The summed E-state index contributed by atoms with van der Waals surface area (Å²) < 4.78 is 14.7. The zero-order chi connectivity index (χ0) is 25.8. The van der Waals surface area contributed by atoms with Crippen LogP contribution in [-0.4, -0.2) is 26.2 Å². The van der Waals surface area contributed by atoms with Gasteiger partial charge in [-0.3, -0.25) is 9.59 Å². The third kappa shape index (κ3) is 5.09. The summed E-state index contributed by atoms with van der Waals surface area (Å²) in [5.74, 6) is -1.71. The van der Waals surface area contributed by atoms with Gasteiger partial charge < -0.3 is 15.6 Å². The summed E-state index contributed by atoms with van der Waals surface area (Å²) in [5.41, 5.74) is 2.66. The second-order valence-electron chi connectivity index (χ2n) is 8.01. The Hall–Kier alpha value is -4.93. The molecule has 0 aliphatic heterocycles. The first-order chi connectivity index (χ1) is 17.3. The molecular weight excluding hydrogens is 467 g/mol. The molecule has 0 saturated heterocycles. The van der Waals surface area contributed by atoms with Crippen LogP contribution in [-0.2, 0) is 13.1 Å². The lowest BCUT2D eigenvalue weighted by atomic mass is 10.1. The van der Waals surface area contributed by atoms with Crippen LogP contribution in [0.1, 0.15) is 43.2 Å². The lowest BCUT2D eigenvalue weighted by Gasteiger charge is -2.13. The number of nitrogens with one attached hydrogen (secondary N) is 3. The van der Waals surface area contributed by atoms with E-state index in [2.05, 4.69) is 32.4 Å². The number of aromatic nitrogens is 3. The number of hydrogen-bond donors (Lipinski definition) is 3. The molecule has 2 aromatic heterocycles. The average Bonchev–Trinajstić information content (AvgIpc) is 3.27. The number of nitrogens with zero attached hydrogens (tertiary/aromatic N) is 3. The van der Waals surface area contributed by atoms with Gasteiger partial charge in [0.1, 0.15) is 11.5 Å². The Morgan fingerprint density at radius 2 is 1.78 bits per heavy atom. The van der Waals surface area contributed by atoms with Crippen LogP contribution in [0.3, 0.4) is 0 Å². The average molecular weight is 488 g/mol. The zero-order valence-corrected chi connectivity index (χ0v) is 19.2. The number of nitroso groups, excluding NO2 is 1. The van der Waals surface area contributed by atoms with Gasteiger partial charge in [0.25, 0.3) is 5.91 Å². The molecule has 11 heteroatoms. The summed E-state index contributed by atoms with van der Waals surface area (Å²) in [6.45, 7) is 6.11. The van der Waals surface area contributed by atoms with E-state index in [9.17, 15) is 23.7 Å². The summed E-state index contributed by atoms with van der Waals surface area (Å²) in [7, 11) is 0. The molecule has 0 radical (unpaired) electrons. The van der Waals surface area contributed by atoms with Crippen molar-refractivity contribution in [2.45, 2.75) is 20.0 Å². The normalized spacial score (nSPS) is 10.7. The van der Waals surface area contributed by atoms with Gasteiger partial charge in [0, 0.05) is 30.0 Å².